The van der Waals surface area contributed by atoms with Gasteiger partial charge in [-0.15, -0.1) is 5.10 Å². The SMILES string of the molecule is CC[C@@H](c1nnnn1C[C@H]1CCCO1)N(Cc1ccccc1)Cc1cc2cccc(C)c2[nH]c1=O. The van der Waals surface area contributed by atoms with Crippen LogP contribution in [0.1, 0.15) is 54.7 Å². The molecule has 0 spiro atoms. The number of tetrazole rings is 1. The number of hydrogen-bond donors (Lipinski definition) is 1. The lowest BCUT2D eigenvalue weighted by Gasteiger charge is -2.30. The maximum atomic E-state index is 13.1. The van der Waals surface area contributed by atoms with Gasteiger partial charge in [0.1, 0.15) is 0 Å². The first-order valence-corrected chi connectivity index (χ1v) is 12.4. The number of benzene rings is 2. The van der Waals surface area contributed by atoms with Gasteiger partial charge >= 0.3 is 0 Å². The summed E-state index contributed by atoms with van der Waals surface area (Å²) in [5, 5.41) is 13.8. The topological polar surface area (TPSA) is 88.9 Å². The van der Waals surface area contributed by atoms with E-state index < -0.39 is 0 Å². The second-order valence-electron chi connectivity index (χ2n) is 9.33. The fourth-order valence-electron chi connectivity index (χ4n) is 5.02. The Kier molecular flexibility index (Phi) is 7.01. The molecule has 0 aliphatic carbocycles. The summed E-state index contributed by atoms with van der Waals surface area (Å²) >= 11 is 0. The largest absolute Gasteiger partial charge is 0.376 e. The van der Waals surface area contributed by atoms with Crippen LogP contribution in [0.2, 0.25) is 0 Å². The van der Waals surface area contributed by atoms with Crippen molar-refractivity contribution in [2.24, 2.45) is 0 Å². The van der Waals surface area contributed by atoms with Gasteiger partial charge < -0.3 is 9.72 Å². The molecule has 0 saturated carbocycles. The van der Waals surface area contributed by atoms with E-state index in [1.807, 2.05) is 54.1 Å². The number of aromatic nitrogens is 5. The summed E-state index contributed by atoms with van der Waals surface area (Å²) in [5.41, 5.74) is 3.81. The summed E-state index contributed by atoms with van der Waals surface area (Å²) in [4.78, 5) is 18.5. The first kappa shape index (κ1) is 23.4. The Morgan fingerprint density at radius 2 is 2.03 bits per heavy atom. The van der Waals surface area contributed by atoms with Crippen molar-refractivity contribution in [1.29, 1.82) is 0 Å². The number of fused-ring (bicyclic) bond motifs is 1. The average molecular weight is 473 g/mol. The Hall–Kier alpha value is -3.36. The van der Waals surface area contributed by atoms with Gasteiger partial charge in [-0.25, -0.2) is 4.68 Å². The second kappa shape index (κ2) is 10.5. The van der Waals surface area contributed by atoms with Crippen molar-refractivity contribution < 1.29 is 4.74 Å². The van der Waals surface area contributed by atoms with Gasteiger partial charge in [-0.1, -0.05) is 55.5 Å². The number of ether oxygens (including phenoxy) is 1. The molecule has 2 atom stereocenters. The minimum absolute atomic E-state index is 0.0563. The number of aryl methyl sites for hydroxylation is 1. The van der Waals surface area contributed by atoms with Crippen LogP contribution in [0, 0.1) is 6.92 Å². The van der Waals surface area contributed by atoms with E-state index in [0.717, 1.165) is 53.7 Å². The molecule has 1 N–H and O–H groups in total. The average Bonchev–Trinajstić information content (AvgIpc) is 3.54. The third kappa shape index (κ3) is 5.18. The van der Waals surface area contributed by atoms with E-state index in [1.165, 1.54) is 5.56 Å². The lowest BCUT2D eigenvalue weighted by molar-refractivity contribution is 0.0888. The summed E-state index contributed by atoms with van der Waals surface area (Å²) in [6.07, 6.45) is 3.05. The van der Waals surface area contributed by atoms with Crippen LogP contribution >= 0.6 is 0 Å². The van der Waals surface area contributed by atoms with Crippen LogP contribution in [0.25, 0.3) is 10.9 Å². The minimum Gasteiger partial charge on any atom is -0.376 e. The predicted molar refractivity (Wildman–Crippen MR) is 135 cm³/mol. The van der Waals surface area contributed by atoms with Crippen LogP contribution in [0.5, 0.6) is 0 Å². The first-order valence-electron chi connectivity index (χ1n) is 12.4. The van der Waals surface area contributed by atoms with Crippen LogP contribution in [0.3, 0.4) is 0 Å². The van der Waals surface area contributed by atoms with Gasteiger partial charge in [0, 0.05) is 25.3 Å². The number of H-pyrrole nitrogens is 1. The summed E-state index contributed by atoms with van der Waals surface area (Å²) < 4.78 is 7.72. The molecule has 1 aliphatic rings. The molecular weight excluding hydrogens is 440 g/mol. The molecule has 1 fully saturated rings. The quantitative estimate of drug-likeness (QED) is 0.394. The van der Waals surface area contributed by atoms with Crippen LogP contribution < -0.4 is 5.56 Å². The zero-order chi connectivity index (χ0) is 24.2. The zero-order valence-electron chi connectivity index (χ0n) is 20.4. The van der Waals surface area contributed by atoms with Crippen LogP contribution in [0.15, 0.2) is 59.4 Å². The highest BCUT2D eigenvalue weighted by Crippen LogP contribution is 2.27. The maximum absolute atomic E-state index is 13.1. The Labute approximate surface area is 204 Å². The fraction of sp³-hybridized carbons (Fsp3) is 0.407. The molecule has 4 aromatic rings. The molecule has 0 amide bonds. The summed E-state index contributed by atoms with van der Waals surface area (Å²) in [6.45, 7) is 6.76. The molecular formula is C27H32N6O2. The van der Waals surface area contributed by atoms with Crippen molar-refractivity contribution in [2.75, 3.05) is 6.61 Å². The molecule has 35 heavy (non-hydrogen) atoms. The number of para-hydroxylation sites is 1. The van der Waals surface area contributed by atoms with Gasteiger partial charge in [-0.05, 0) is 59.2 Å². The predicted octanol–water partition coefficient (Wildman–Crippen LogP) is 4.16. The highest BCUT2D eigenvalue weighted by atomic mass is 16.5. The third-order valence-electron chi connectivity index (χ3n) is 6.85. The molecule has 0 bridgehead atoms. The van der Waals surface area contributed by atoms with E-state index in [0.29, 0.717) is 19.6 Å². The van der Waals surface area contributed by atoms with E-state index in [9.17, 15) is 4.79 Å². The Morgan fingerprint density at radius 3 is 2.80 bits per heavy atom. The van der Waals surface area contributed by atoms with E-state index in [-0.39, 0.29) is 17.7 Å². The van der Waals surface area contributed by atoms with Crippen molar-refractivity contribution in [3.8, 4) is 0 Å². The van der Waals surface area contributed by atoms with Crippen molar-refractivity contribution in [1.82, 2.24) is 30.1 Å². The van der Waals surface area contributed by atoms with E-state index in [2.05, 4.69) is 44.5 Å². The molecule has 8 nitrogen and oxygen atoms in total. The van der Waals surface area contributed by atoms with Crippen LogP contribution in [-0.4, -0.2) is 42.8 Å². The van der Waals surface area contributed by atoms with Crippen molar-refractivity contribution in [3.63, 3.8) is 0 Å². The van der Waals surface area contributed by atoms with Gasteiger partial charge in [0.2, 0.25) is 0 Å². The number of pyridine rings is 1. The number of nitrogens with zero attached hydrogens (tertiary/aromatic N) is 5. The van der Waals surface area contributed by atoms with Crippen molar-refractivity contribution >= 4 is 10.9 Å². The van der Waals surface area contributed by atoms with Gasteiger partial charge in [-0.3, -0.25) is 9.69 Å². The highest BCUT2D eigenvalue weighted by Gasteiger charge is 2.28. The lowest BCUT2D eigenvalue weighted by atomic mass is 10.1. The Morgan fingerprint density at radius 1 is 1.17 bits per heavy atom. The third-order valence-corrected chi connectivity index (χ3v) is 6.85. The normalized spacial score (nSPS) is 16.8. The van der Waals surface area contributed by atoms with Gasteiger partial charge in [0.25, 0.3) is 5.56 Å². The number of hydrogen-bond acceptors (Lipinski definition) is 6. The van der Waals surface area contributed by atoms with Crippen LogP contribution in [-0.2, 0) is 24.4 Å². The smallest absolute Gasteiger partial charge is 0.252 e. The molecule has 182 valence electrons. The molecule has 2 aromatic carbocycles. The van der Waals surface area contributed by atoms with Crippen LogP contribution in [0.4, 0.5) is 0 Å². The zero-order valence-corrected chi connectivity index (χ0v) is 20.4. The monoisotopic (exact) mass is 472 g/mol. The second-order valence-corrected chi connectivity index (χ2v) is 9.33. The molecule has 1 aliphatic heterocycles. The first-order chi connectivity index (χ1) is 17.1. The molecule has 3 heterocycles. The van der Waals surface area contributed by atoms with E-state index in [1.54, 1.807) is 0 Å². The standard InChI is InChI=1S/C27H32N6O2/c1-3-24(26-29-30-31-33(26)18-23-13-8-14-35-23)32(16-20-10-5-4-6-11-20)17-22-15-21-12-7-9-19(2)25(21)28-27(22)34/h4-7,9-12,15,23-24H,3,8,13-14,16-18H2,1-2H3,(H,28,34)/t23-,24+/m1/s1. The number of rotatable bonds is 9. The lowest BCUT2D eigenvalue weighted by Crippen LogP contribution is -2.33. The summed E-state index contributed by atoms with van der Waals surface area (Å²) in [5.74, 6) is 0.812. The Bertz CT molecular complexity index is 1330. The molecule has 5 rings (SSSR count). The molecule has 0 radical (unpaired) electrons. The van der Waals surface area contributed by atoms with Gasteiger partial charge in [0.15, 0.2) is 5.82 Å². The van der Waals surface area contributed by atoms with E-state index in [4.69, 9.17) is 4.74 Å². The van der Waals surface area contributed by atoms with Crippen molar-refractivity contribution in [2.45, 2.75) is 64.9 Å². The molecule has 8 heteroatoms. The minimum atomic E-state index is -0.0568. The Balaban J connectivity index is 1.50. The molecule has 2 aromatic heterocycles. The van der Waals surface area contributed by atoms with Gasteiger partial charge in [-0.2, -0.15) is 0 Å². The summed E-state index contributed by atoms with van der Waals surface area (Å²) in [7, 11) is 0. The fourth-order valence-corrected chi connectivity index (χ4v) is 5.02. The molecule has 1 saturated heterocycles. The molecule has 0 unspecified atom stereocenters. The van der Waals surface area contributed by atoms with Crippen molar-refractivity contribution in [3.05, 3.63) is 87.5 Å². The highest BCUT2D eigenvalue weighted by molar-refractivity contribution is 5.81. The maximum Gasteiger partial charge on any atom is 0.252 e. The van der Waals surface area contributed by atoms with Gasteiger partial charge in [0.05, 0.1) is 24.2 Å². The summed E-state index contributed by atoms with van der Waals surface area (Å²) in [6, 6.07) is 18.4. The number of aromatic amines is 1. The number of nitrogens with one attached hydrogen (secondary N) is 1. The van der Waals surface area contributed by atoms with E-state index >= 15 is 0 Å².